The molecule has 0 aliphatic heterocycles. The summed E-state index contributed by atoms with van der Waals surface area (Å²) in [7, 11) is 0. The number of hydrogen-bond acceptors (Lipinski definition) is 3. The standard InChI is InChI=1S/C15H27NOS/c1-5-12(6-2)14(17)10-16-11(4)15-9-8-13(7-3)18-15/h8-9,11-12,14,16-17H,5-7,10H2,1-4H3. The van der Waals surface area contributed by atoms with E-state index in [1.807, 2.05) is 11.3 Å². The molecule has 2 unspecified atom stereocenters. The molecule has 1 aromatic heterocycles. The molecule has 3 heteroatoms. The Kier molecular flexibility index (Phi) is 6.90. The Hall–Kier alpha value is -0.380. The molecule has 1 rings (SSSR count). The molecule has 1 heterocycles. The van der Waals surface area contributed by atoms with Crippen molar-refractivity contribution in [2.24, 2.45) is 5.92 Å². The zero-order valence-electron chi connectivity index (χ0n) is 12.1. The van der Waals surface area contributed by atoms with Gasteiger partial charge in [0.05, 0.1) is 6.10 Å². The third-order valence-electron chi connectivity index (χ3n) is 3.68. The second-order valence-corrected chi connectivity index (χ2v) is 6.13. The first-order chi connectivity index (χ1) is 8.62. The molecule has 0 aromatic carbocycles. The number of aliphatic hydroxyl groups excluding tert-OH is 1. The zero-order valence-corrected chi connectivity index (χ0v) is 12.9. The molecule has 2 nitrogen and oxygen atoms in total. The van der Waals surface area contributed by atoms with Crippen molar-refractivity contribution in [2.45, 2.75) is 59.1 Å². The van der Waals surface area contributed by atoms with Gasteiger partial charge in [0.15, 0.2) is 0 Å². The molecule has 1 aromatic rings. The van der Waals surface area contributed by atoms with Crippen LogP contribution in [-0.2, 0) is 6.42 Å². The predicted molar refractivity (Wildman–Crippen MR) is 80.2 cm³/mol. The molecule has 104 valence electrons. The Balaban J connectivity index is 2.42. The lowest BCUT2D eigenvalue weighted by Gasteiger charge is -2.22. The van der Waals surface area contributed by atoms with Gasteiger partial charge in [0.25, 0.3) is 0 Å². The van der Waals surface area contributed by atoms with Crippen LogP contribution in [0.5, 0.6) is 0 Å². The van der Waals surface area contributed by atoms with Crippen LogP contribution < -0.4 is 5.32 Å². The molecule has 0 aliphatic carbocycles. The summed E-state index contributed by atoms with van der Waals surface area (Å²) in [5.74, 6) is 0.416. The molecule has 0 spiro atoms. The summed E-state index contributed by atoms with van der Waals surface area (Å²) in [6.07, 6.45) is 2.97. The molecule has 2 N–H and O–H groups in total. The fourth-order valence-electron chi connectivity index (χ4n) is 2.21. The molecule has 0 radical (unpaired) electrons. The second kappa shape index (κ2) is 7.93. The van der Waals surface area contributed by atoms with E-state index in [4.69, 9.17) is 0 Å². The van der Waals surface area contributed by atoms with Crippen molar-refractivity contribution in [3.8, 4) is 0 Å². The Morgan fingerprint density at radius 1 is 1.22 bits per heavy atom. The normalized spacial score (nSPS) is 15.0. The molecular formula is C15H27NOS. The number of aryl methyl sites for hydroxylation is 1. The van der Waals surface area contributed by atoms with Crippen LogP contribution in [0, 0.1) is 5.92 Å². The van der Waals surface area contributed by atoms with Crippen molar-refractivity contribution in [1.29, 1.82) is 0 Å². The fraction of sp³-hybridized carbons (Fsp3) is 0.733. The largest absolute Gasteiger partial charge is 0.392 e. The molecule has 0 bridgehead atoms. The van der Waals surface area contributed by atoms with Crippen molar-refractivity contribution < 1.29 is 5.11 Å². The van der Waals surface area contributed by atoms with E-state index in [0.29, 0.717) is 18.5 Å². The number of rotatable bonds is 8. The summed E-state index contributed by atoms with van der Waals surface area (Å²) >= 11 is 1.87. The summed E-state index contributed by atoms with van der Waals surface area (Å²) in [6.45, 7) is 9.34. The number of nitrogens with one attached hydrogen (secondary N) is 1. The molecule has 0 saturated heterocycles. The average Bonchev–Trinajstić information content (AvgIpc) is 2.86. The Morgan fingerprint density at radius 2 is 1.89 bits per heavy atom. The maximum Gasteiger partial charge on any atom is 0.0692 e. The maximum absolute atomic E-state index is 10.1. The van der Waals surface area contributed by atoms with Crippen LogP contribution in [0.4, 0.5) is 0 Å². The quantitative estimate of drug-likeness (QED) is 0.753. The summed E-state index contributed by atoms with van der Waals surface area (Å²) in [5, 5.41) is 13.5. The van der Waals surface area contributed by atoms with E-state index in [2.05, 4.69) is 45.1 Å². The van der Waals surface area contributed by atoms with Crippen LogP contribution >= 0.6 is 11.3 Å². The molecular weight excluding hydrogens is 242 g/mol. The van der Waals surface area contributed by atoms with Gasteiger partial charge in [0.2, 0.25) is 0 Å². The summed E-state index contributed by atoms with van der Waals surface area (Å²) in [6, 6.07) is 4.74. The van der Waals surface area contributed by atoms with Crippen LogP contribution in [0.15, 0.2) is 12.1 Å². The van der Waals surface area contributed by atoms with Crippen LogP contribution in [0.3, 0.4) is 0 Å². The van der Waals surface area contributed by atoms with E-state index in [0.717, 1.165) is 19.3 Å². The minimum Gasteiger partial charge on any atom is -0.392 e. The smallest absolute Gasteiger partial charge is 0.0692 e. The third kappa shape index (κ3) is 4.38. The summed E-state index contributed by atoms with van der Waals surface area (Å²) in [5.41, 5.74) is 0. The highest BCUT2D eigenvalue weighted by molar-refractivity contribution is 7.12. The molecule has 2 atom stereocenters. The van der Waals surface area contributed by atoms with Gasteiger partial charge >= 0.3 is 0 Å². The van der Waals surface area contributed by atoms with Gasteiger partial charge < -0.3 is 10.4 Å². The van der Waals surface area contributed by atoms with Gasteiger partial charge in [-0.15, -0.1) is 11.3 Å². The minimum atomic E-state index is -0.229. The first-order valence-corrected chi connectivity index (χ1v) is 7.93. The molecule has 0 amide bonds. The van der Waals surface area contributed by atoms with E-state index in [1.165, 1.54) is 9.75 Å². The number of hydrogen-bond donors (Lipinski definition) is 2. The van der Waals surface area contributed by atoms with Crippen LogP contribution in [0.25, 0.3) is 0 Å². The van der Waals surface area contributed by atoms with Crippen molar-refractivity contribution in [1.82, 2.24) is 5.32 Å². The first-order valence-electron chi connectivity index (χ1n) is 7.12. The molecule has 0 saturated carbocycles. The van der Waals surface area contributed by atoms with Crippen molar-refractivity contribution >= 4 is 11.3 Å². The van der Waals surface area contributed by atoms with Crippen LogP contribution in [-0.4, -0.2) is 17.8 Å². The molecule has 0 fully saturated rings. The average molecular weight is 269 g/mol. The molecule has 0 aliphatic rings. The minimum absolute atomic E-state index is 0.229. The van der Waals surface area contributed by atoms with Crippen molar-refractivity contribution in [3.63, 3.8) is 0 Å². The maximum atomic E-state index is 10.1. The highest BCUT2D eigenvalue weighted by Crippen LogP contribution is 2.23. The van der Waals surface area contributed by atoms with Crippen LogP contribution in [0.2, 0.25) is 0 Å². The van der Waals surface area contributed by atoms with Gasteiger partial charge in [0, 0.05) is 22.3 Å². The van der Waals surface area contributed by atoms with Gasteiger partial charge in [0.1, 0.15) is 0 Å². The summed E-state index contributed by atoms with van der Waals surface area (Å²) < 4.78 is 0. The van der Waals surface area contributed by atoms with Gasteiger partial charge in [-0.05, 0) is 31.4 Å². The van der Waals surface area contributed by atoms with Crippen molar-refractivity contribution in [2.75, 3.05) is 6.54 Å². The molecule has 18 heavy (non-hydrogen) atoms. The highest BCUT2D eigenvalue weighted by atomic mass is 32.1. The fourth-order valence-corrected chi connectivity index (χ4v) is 3.19. The first kappa shape index (κ1) is 15.7. The lowest BCUT2D eigenvalue weighted by atomic mass is 9.96. The highest BCUT2D eigenvalue weighted by Gasteiger charge is 2.16. The SMILES string of the molecule is CCc1ccc(C(C)NCC(O)C(CC)CC)s1. The van der Waals surface area contributed by atoms with E-state index in [1.54, 1.807) is 0 Å². The predicted octanol–water partition coefficient (Wildman–Crippen LogP) is 3.76. The number of aliphatic hydroxyl groups is 1. The second-order valence-electron chi connectivity index (χ2n) is 4.93. The van der Waals surface area contributed by atoms with E-state index < -0.39 is 0 Å². The van der Waals surface area contributed by atoms with E-state index in [-0.39, 0.29) is 6.10 Å². The van der Waals surface area contributed by atoms with Gasteiger partial charge in [-0.3, -0.25) is 0 Å². The van der Waals surface area contributed by atoms with Gasteiger partial charge in [-0.2, -0.15) is 0 Å². The zero-order chi connectivity index (χ0) is 13.5. The Morgan fingerprint density at radius 3 is 2.39 bits per heavy atom. The third-order valence-corrected chi connectivity index (χ3v) is 5.10. The van der Waals surface area contributed by atoms with E-state index in [9.17, 15) is 5.11 Å². The lowest BCUT2D eigenvalue weighted by molar-refractivity contribution is 0.0990. The Labute approximate surface area is 115 Å². The van der Waals surface area contributed by atoms with Crippen LogP contribution in [0.1, 0.15) is 56.3 Å². The van der Waals surface area contributed by atoms with Gasteiger partial charge in [-0.25, -0.2) is 0 Å². The van der Waals surface area contributed by atoms with Gasteiger partial charge in [-0.1, -0.05) is 33.6 Å². The van der Waals surface area contributed by atoms with E-state index >= 15 is 0 Å². The monoisotopic (exact) mass is 269 g/mol. The summed E-state index contributed by atoms with van der Waals surface area (Å²) in [4.78, 5) is 2.79. The Bertz CT molecular complexity index is 333. The topological polar surface area (TPSA) is 32.3 Å². The van der Waals surface area contributed by atoms with Crippen molar-refractivity contribution in [3.05, 3.63) is 21.9 Å². The lowest BCUT2D eigenvalue weighted by Crippen LogP contribution is -2.33. The number of thiophene rings is 1.